The molecule has 1 saturated carbocycles. The summed E-state index contributed by atoms with van der Waals surface area (Å²) < 4.78 is 1.51. The summed E-state index contributed by atoms with van der Waals surface area (Å²) in [6.45, 7) is 5.84. The van der Waals surface area contributed by atoms with E-state index in [1.165, 1.54) is 34.9 Å². The van der Waals surface area contributed by atoms with E-state index in [1.807, 2.05) is 0 Å². The summed E-state index contributed by atoms with van der Waals surface area (Å²) >= 11 is 0. The maximum Gasteiger partial charge on any atom is 0.272 e. The van der Waals surface area contributed by atoms with Crippen LogP contribution in [0, 0.1) is 0 Å². The summed E-state index contributed by atoms with van der Waals surface area (Å²) in [5.41, 5.74) is -0.474. The number of hydrogen-bond acceptors (Lipinski definition) is 5. The highest BCUT2D eigenvalue weighted by atomic mass is 16.2. The van der Waals surface area contributed by atoms with Crippen molar-refractivity contribution in [3.05, 3.63) is 17.5 Å². The van der Waals surface area contributed by atoms with Gasteiger partial charge in [-0.25, -0.2) is 0 Å². The van der Waals surface area contributed by atoms with E-state index in [0.29, 0.717) is 12.2 Å². The Balaban J connectivity index is 1.36. The lowest BCUT2D eigenvalue weighted by Gasteiger charge is -2.41. The quantitative estimate of drug-likeness (QED) is 0.619. The van der Waals surface area contributed by atoms with Crippen LogP contribution in [0.4, 0.5) is 0 Å². The molecule has 2 N–H and O–H groups in total. The number of carbonyl (C=O) groups is 3. The molecule has 1 aromatic rings. The topological polar surface area (TPSA) is 99.6 Å². The van der Waals surface area contributed by atoms with Crippen LogP contribution in [0.25, 0.3) is 0 Å². The number of likely N-dealkylation sites (tertiary alicyclic amines) is 1. The smallest absolute Gasteiger partial charge is 0.272 e. The van der Waals surface area contributed by atoms with Gasteiger partial charge in [0, 0.05) is 25.7 Å². The first-order valence-electron chi connectivity index (χ1n) is 12.1. The zero-order valence-electron chi connectivity index (χ0n) is 19.4. The molecule has 0 aromatic carbocycles. The van der Waals surface area contributed by atoms with Gasteiger partial charge in [0.25, 0.3) is 11.8 Å². The van der Waals surface area contributed by atoms with Crippen molar-refractivity contribution in [1.82, 2.24) is 30.2 Å². The standard InChI is InChI=1S/C23H36N6O3/c1-23(22(32)25-17-9-4-5-10-17)16-29-19(21(31)27(23)2)15-18(26-29)20(30)24-11-8-14-28-12-6-3-7-13-28/h15,17H,3-14,16H2,1-2H3,(H,24,30)(H,25,32). The van der Waals surface area contributed by atoms with Gasteiger partial charge in [-0.3, -0.25) is 19.1 Å². The molecule has 176 valence electrons. The molecule has 32 heavy (non-hydrogen) atoms. The van der Waals surface area contributed by atoms with Crippen LogP contribution in [-0.4, -0.2) is 82.1 Å². The lowest BCUT2D eigenvalue weighted by Crippen LogP contribution is -2.63. The third-order valence-corrected chi connectivity index (χ3v) is 7.30. The number of amides is 3. The molecular formula is C23H36N6O3. The van der Waals surface area contributed by atoms with Crippen LogP contribution in [-0.2, 0) is 11.3 Å². The molecule has 1 unspecified atom stereocenters. The van der Waals surface area contributed by atoms with E-state index in [1.54, 1.807) is 14.0 Å². The molecule has 0 spiro atoms. The minimum atomic E-state index is -1.04. The number of fused-ring (bicyclic) bond motifs is 1. The average Bonchev–Trinajstić information content (AvgIpc) is 3.45. The molecule has 0 radical (unpaired) electrons. The number of aromatic nitrogens is 2. The minimum Gasteiger partial charge on any atom is -0.351 e. The van der Waals surface area contributed by atoms with Gasteiger partial charge in [0.2, 0.25) is 5.91 Å². The SMILES string of the molecule is CN1C(=O)c2cc(C(=O)NCCCN3CCCCC3)nn2CC1(C)C(=O)NC1CCCC1. The van der Waals surface area contributed by atoms with Crippen molar-refractivity contribution in [2.45, 2.75) is 76.4 Å². The molecule has 3 aliphatic rings. The molecule has 1 aromatic heterocycles. The fourth-order valence-electron chi connectivity index (χ4n) is 5.03. The Morgan fingerprint density at radius 1 is 1.16 bits per heavy atom. The zero-order valence-corrected chi connectivity index (χ0v) is 19.4. The Morgan fingerprint density at radius 3 is 2.59 bits per heavy atom. The molecule has 9 heteroatoms. The second-order valence-electron chi connectivity index (χ2n) is 9.68. The summed E-state index contributed by atoms with van der Waals surface area (Å²) in [6, 6.07) is 1.71. The van der Waals surface area contributed by atoms with E-state index in [4.69, 9.17) is 0 Å². The fourth-order valence-corrected chi connectivity index (χ4v) is 5.03. The van der Waals surface area contributed by atoms with Crippen molar-refractivity contribution < 1.29 is 14.4 Å². The Bertz CT molecular complexity index is 856. The summed E-state index contributed by atoms with van der Waals surface area (Å²) in [6.07, 6.45) is 8.92. The lowest BCUT2D eigenvalue weighted by atomic mass is 9.95. The summed E-state index contributed by atoms with van der Waals surface area (Å²) in [4.78, 5) is 42.6. The zero-order chi connectivity index (χ0) is 22.7. The summed E-state index contributed by atoms with van der Waals surface area (Å²) in [7, 11) is 1.65. The van der Waals surface area contributed by atoms with Crippen molar-refractivity contribution in [2.24, 2.45) is 0 Å². The molecule has 1 saturated heterocycles. The average molecular weight is 445 g/mol. The molecular weight excluding hydrogens is 408 g/mol. The largest absolute Gasteiger partial charge is 0.351 e. The molecule has 2 fully saturated rings. The van der Waals surface area contributed by atoms with Crippen LogP contribution in [0.2, 0.25) is 0 Å². The first-order valence-corrected chi connectivity index (χ1v) is 12.1. The predicted molar refractivity (Wildman–Crippen MR) is 120 cm³/mol. The molecule has 4 rings (SSSR count). The van der Waals surface area contributed by atoms with Gasteiger partial charge in [-0.2, -0.15) is 5.10 Å². The molecule has 2 aliphatic heterocycles. The van der Waals surface area contributed by atoms with E-state index in [-0.39, 0.29) is 36.0 Å². The Hall–Kier alpha value is -2.42. The van der Waals surface area contributed by atoms with Crippen LogP contribution >= 0.6 is 0 Å². The van der Waals surface area contributed by atoms with Crippen LogP contribution in [0.5, 0.6) is 0 Å². The third kappa shape index (κ3) is 4.67. The molecule has 1 aliphatic carbocycles. The van der Waals surface area contributed by atoms with Crippen LogP contribution in [0.1, 0.15) is 79.3 Å². The summed E-state index contributed by atoms with van der Waals surface area (Å²) in [5, 5.41) is 10.4. The molecule has 1 atom stereocenters. The van der Waals surface area contributed by atoms with Crippen LogP contribution in [0.3, 0.4) is 0 Å². The Morgan fingerprint density at radius 2 is 1.88 bits per heavy atom. The van der Waals surface area contributed by atoms with E-state index in [0.717, 1.165) is 51.7 Å². The first kappa shape index (κ1) is 22.8. The van der Waals surface area contributed by atoms with Crippen molar-refractivity contribution in [3.8, 4) is 0 Å². The van der Waals surface area contributed by atoms with Crippen molar-refractivity contribution in [2.75, 3.05) is 33.2 Å². The number of rotatable bonds is 7. The van der Waals surface area contributed by atoms with Gasteiger partial charge in [0.05, 0.1) is 6.54 Å². The number of piperidine rings is 1. The van der Waals surface area contributed by atoms with Gasteiger partial charge in [-0.05, 0) is 58.7 Å². The van der Waals surface area contributed by atoms with E-state index >= 15 is 0 Å². The van der Waals surface area contributed by atoms with Gasteiger partial charge in [-0.15, -0.1) is 0 Å². The highest BCUT2D eigenvalue weighted by molar-refractivity contribution is 6.01. The molecule has 0 bridgehead atoms. The van der Waals surface area contributed by atoms with Crippen molar-refractivity contribution >= 4 is 17.7 Å². The normalized spacial score (nSPS) is 24.4. The Kier molecular flexibility index (Phi) is 6.83. The highest BCUT2D eigenvalue weighted by Crippen LogP contribution is 2.27. The minimum absolute atomic E-state index is 0.162. The van der Waals surface area contributed by atoms with Crippen molar-refractivity contribution in [1.29, 1.82) is 0 Å². The van der Waals surface area contributed by atoms with Crippen LogP contribution < -0.4 is 10.6 Å². The second-order valence-corrected chi connectivity index (χ2v) is 9.68. The first-order chi connectivity index (χ1) is 15.4. The molecule has 3 amide bonds. The van der Waals surface area contributed by atoms with Crippen LogP contribution in [0.15, 0.2) is 6.07 Å². The Labute approximate surface area is 189 Å². The number of nitrogens with one attached hydrogen (secondary N) is 2. The van der Waals surface area contributed by atoms with Gasteiger partial charge < -0.3 is 20.4 Å². The van der Waals surface area contributed by atoms with Crippen molar-refractivity contribution in [3.63, 3.8) is 0 Å². The fraction of sp³-hybridized carbons (Fsp3) is 0.739. The highest BCUT2D eigenvalue weighted by Gasteiger charge is 2.46. The van der Waals surface area contributed by atoms with Gasteiger partial charge >= 0.3 is 0 Å². The lowest BCUT2D eigenvalue weighted by molar-refractivity contribution is -0.133. The predicted octanol–water partition coefficient (Wildman–Crippen LogP) is 1.39. The monoisotopic (exact) mass is 444 g/mol. The van der Waals surface area contributed by atoms with E-state index in [9.17, 15) is 14.4 Å². The number of hydrogen-bond donors (Lipinski definition) is 2. The number of nitrogens with zero attached hydrogens (tertiary/aromatic N) is 4. The second kappa shape index (κ2) is 9.60. The van der Waals surface area contributed by atoms with Gasteiger partial charge in [0.15, 0.2) is 5.69 Å². The summed E-state index contributed by atoms with van der Waals surface area (Å²) in [5.74, 6) is -0.736. The maximum absolute atomic E-state index is 13.1. The van der Waals surface area contributed by atoms with Gasteiger partial charge in [-0.1, -0.05) is 19.3 Å². The molecule has 3 heterocycles. The number of carbonyl (C=O) groups excluding carboxylic acids is 3. The third-order valence-electron chi connectivity index (χ3n) is 7.30. The molecule has 9 nitrogen and oxygen atoms in total. The maximum atomic E-state index is 13.1. The van der Waals surface area contributed by atoms with Gasteiger partial charge in [0.1, 0.15) is 11.2 Å². The number of likely N-dealkylation sites (N-methyl/N-ethyl adjacent to an activating group) is 1. The van der Waals surface area contributed by atoms with E-state index in [2.05, 4.69) is 20.6 Å². The van der Waals surface area contributed by atoms with E-state index < -0.39 is 5.54 Å².